The molecule has 0 aliphatic heterocycles. The highest BCUT2D eigenvalue weighted by Gasteiger charge is 2.88. The third kappa shape index (κ3) is 2.68. The molecule has 1 aromatic rings. The molecule has 0 bridgehead atoms. The van der Waals surface area contributed by atoms with Crippen LogP contribution in [0.1, 0.15) is 29.8 Å². The van der Waals surface area contributed by atoms with E-state index < -0.39 is 35.5 Å². The Morgan fingerprint density at radius 3 is 1.64 bits per heavy atom. The SMILES string of the molecule is OC(c1cc2c([nH]1)CCCC2)(C(F)(F)F)C(F)(C(F)(F)F)C(F)(F)F. The van der Waals surface area contributed by atoms with Gasteiger partial charge in [-0.1, -0.05) is 0 Å². The zero-order chi connectivity index (χ0) is 19.5. The fraction of sp³-hybridized carbons (Fsp3) is 0.692. The Bertz CT molecular complexity index is 603. The average Bonchev–Trinajstić information content (AvgIpc) is 2.85. The van der Waals surface area contributed by atoms with Crippen molar-refractivity contribution in [3.05, 3.63) is 23.0 Å². The first-order valence-electron chi connectivity index (χ1n) is 6.90. The summed E-state index contributed by atoms with van der Waals surface area (Å²) in [7, 11) is 0. The third-order valence-electron chi connectivity index (χ3n) is 4.19. The zero-order valence-electron chi connectivity index (χ0n) is 12.1. The van der Waals surface area contributed by atoms with Gasteiger partial charge in [-0.3, -0.25) is 0 Å². The van der Waals surface area contributed by atoms with Crippen LogP contribution in [0.25, 0.3) is 0 Å². The Labute approximate surface area is 133 Å². The summed E-state index contributed by atoms with van der Waals surface area (Å²) in [5, 5.41) is 9.59. The lowest BCUT2D eigenvalue weighted by molar-refractivity contribution is -0.436. The molecule has 0 radical (unpaired) electrons. The third-order valence-corrected chi connectivity index (χ3v) is 4.19. The molecule has 2 nitrogen and oxygen atoms in total. The van der Waals surface area contributed by atoms with Gasteiger partial charge in [-0.2, -0.15) is 39.5 Å². The summed E-state index contributed by atoms with van der Waals surface area (Å²) in [5.74, 6) is 0. The zero-order valence-corrected chi connectivity index (χ0v) is 12.1. The summed E-state index contributed by atoms with van der Waals surface area (Å²) < 4.78 is 131. The van der Waals surface area contributed by atoms with Crippen LogP contribution in [-0.2, 0) is 18.4 Å². The number of fused-ring (bicyclic) bond motifs is 1. The number of aryl methyl sites for hydroxylation is 2. The van der Waals surface area contributed by atoms with Crippen LogP contribution in [0, 0.1) is 0 Å². The molecule has 0 saturated carbocycles. The van der Waals surface area contributed by atoms with Crippen molar-refractivity contribution in [3.63, 3.8) is 0 Å². The largest absolute Gasteiger partial charge is 0.435 e. The van der Waals surface area contributed by atoms with Gasteiger partial charge in [0.1, 0.15) is 0 Å². The van der Waals surface area contributed by atoms with Crippen molar-refractivity contribution in [3.8, 4) is 0 Å². The minimum Gasteiger partial charge on any atom is -0.372 e. The first-order chi connectivity index (χ1) is 11.1. The second-order valence-corrected chi connectivity index (χ2v) is 5.76. The maximum absolute atomic E-state index is 14.2. The minimum absolute atomic E-state index is 0.00984. The van der Waals surface area contributed by atoms with Gasteiger partial charge in [0.2, 0.25) is 0 Å². The molecule has 0 aromatic carbocycles. The smallest absolute Gasteiger partial charge is 0.372 e. The molecule has 2 N–H and O–H groups in total. The lowest BCUT2D eigenvalue weighted by atomic mass is 9.79. The molecule has 144 valence electrons. The minimum atomic E-state index is -7.08. The molecule has 1 heterocycles. The van der Waals surface area contributed by atoms with Crippen molar-refractivity contribution in [2.24, 2.45) is 0 Å². The summed E-state index contributed by atoms with van der Waals surface area (Å²) in [6.45, 7) is 0. The standard InChI is InChI=1S/C13H11F10NO/c14-10(12(18,19)20,13(21,22)23)9(25,11(15,16)17)8-5-6-3-1-2-4-7(6)24-8/h5,24-25H,1-4H2. The molecule has 0 fully saturated rings. The molecule has 0 amide bonds. The molecule has 1 aliphatic rings. The monoisotopic (exact) mass is 387 g/mol. The number of aromatic nitrogens is 1. The number of halogens is 10. The Hall–Kier alpha value is -1.46. The number of aromatic amines is 1. The van der Waals surface area contributed by atoms with E-state index in [0.717, 1.165) is 0 Å². The number of H-pyrrole nitrogens is 1. The van der Waals surface area contributed by atoms with E-state index in [1.165, 1.54) is 0 Å². The maximum atomic E-state index is 14.2. The van der Waals surface area contributed by atoms with Crippen LogP contribution in [-0.4, -0.2) is 34.3 Å². The summed E-state index contributed by atoms with van der Waals surface area (Å²) >= 11 is 0. The first kappa shape index (κ1) is 19.9. The first-order valence-corrected chi connectivity index (χ1v) is 6.90. The Balaban J connectivity index is 2.80. The van der Waals surface area contributed by atoms with Crippen molar-refractivity contribution in [1.82, 2.24) is 4.98 Å². The van der Waals surface area contributed by atoms with Gasteiger partial charge in [-0.15, -0.1) is 0 Å². The molecule has 1 atom stereocenters. The van der Waals surface area contributed by atoms with Crippen LogP contribution in [0.15, 0.2) is 6.07 Å². The topological polar surface area (TPSA) is 36.0 Å². The molecule has 25 heavy (non-hydrogen) atoms. The molecular formula is C13H11F10NO. The van der Waals surface area contributed by atoms with Crippen molar-refractivity contribution >= 4 is 0 Å². The summed E-state index contributed by atoms with van der Waals surface area (Å²) in [4.78, 5) is 1.72. The van der Waals surface area contributed by atoms with Crippen LogP contribution >= 0.6 is 0 Å². The van der Waals surface area contributed by atoms with E-state index >= 15 is 0 Å². The Kier molecular flexibility index (Phi) is 4.38. The van der Waals surface area contributed by atoms with E-state index in [2.05, 4.69) is 0 Å². The Morgan fingerprint density at radius 1 is 0.760 bits per heavy atom. The van der Waals surface area contributed by atoms with Crippen molar-refractivity contribution in [1.29, 1.82) is 0 Å². The molecule has 1 aromatic heterocycles. The van der Waals surface area contributed by atoms with Crippen LogP contribution in [0.5, 0.6) is 0 Å². The molecular weight excluding hydrogens is 376 g/mol. The number of nitrogens with one attached hydrogen (secondary N) is 1. The number of aliphatic hydroxyl groups is 1. The predicted octanol–water partition coefficient (Wildman–Crippen LogP) is 4.48. The van der Waals surface area contributed by atoms with Gasteiger partial charge in [0, 0.05) is 5.69 Å². The molecule has 2 rings (SSSR count). The lowest BCUT2D eigenvalue weighted by Crippen LogP contribution is -2.71. The van der Waals surface area contributed by atoms with E-state index in [-0.39, 0.29) is 24.1 Å². The van der Waals surface area contributed by atoms with E-state index in [4.69, 9.17) is 0 Å². The molecule has 0 spiro atoms. The summed E-state index contributed by atoms with van der Waals surface area (Å²) in [6.07, 6.45) is -19.8. The van der Waals surface area contributed by atoms with Crippen LogP contribution < -0.4 is 0 Å². The fourth-order valence-electron chi connectivity index (χ4n) is 2.90. The molecule has 0 saturated heterocycles. The van der Waals surface area contributed by atoms with Gasteiger partial charge in [-0.25, -0.2) is 4.39 Å². The van der Waals surface area contributed by atoms with Crippen molar-refractivity contribution in [2.45, 2.75) is 55.5 Å². The van der Waals surface area contributed by atoms with Gasteiger partial charge in [0.25, 0.3) is 5.60 Å². The van der Waals surface area contributed by atoms with Gasteiger partial charge >= 0.3 is 24.2 Å². The molecule has 12 heteroatoms. The van der Waals surface area contributed by atoms with E-state index in [1.807, 2.05) is 0 Å². The normalized spacial score (nSPS) is 19.5. The number of rotatable bonds is 2. The molecule has 1 unspecified atom stereocenters. The van der Waals surface area contributed by atoms with E-state index in [1.54, 1.807) is 4.98 Å². The van der Waals surface area contributed by atoms with Gasteiger partial charge in [0.15, 0.2) is 0 Å². The maximum Gasteiger partial charge on any atom is 0.435 e. The van der Waals surface area contributed by atoms with Crippen LogP contribution in [0.3, 0.4) is 0 Å². The highest BCUT2D eigenvalue weighted by atomic mass is 19.4. The predicted molar refractivity (Wildman–Crippen MR) is 63.3 cm³/mol. The van der Waals surface area contributed by atoms with Crippen LogP contribution in [0.2, 0.25) is 0 Å². The Morgan fingerprint density at radius 2 is 1.24 bits per heavy atom. The van der Waals surface area contributed by atoms with Gasteiger partial charge in [-0.05, 0) is 37.3 Å². The second-order valence-electron chi connectivity index (χ2n) is 5.76. The van der Waals surface area contributed by atoms with Crippen molar-refractivity contribution in [2.75, 3.05) is 0 Å². The van der Waals surface area contributed by atoms with Gasteiger partial charge < -0.3 is 10.1 Å². The molecule has 1 aliphatic carbocycles. The lowest BCUT2D eigenvalue weighted by Gasteiger charge is -2.43. The van der Waals surface area contributed by atoms with Gasteiger partial charge in [0.05, 0.1) is 5.69 Å². The second kappa shape index (κ2) is 5.52. The van der Waals surface area contributed by atoms with E-state index in [0.29, 0.717) is 18.9 Å². The number of alkyl halides is 10. The highest BCUT2D eigenvalue weighted by molar-refractivity contribution is 5.35. The fourth-order valence-corrected chi connectivity index (χ4v) is 2.90. The number of hydrogen-bond donors (Lipinski definition) is 2. The number of hydrogen-bond acceptors (Lipinski definition) is 1. The quantitative estimate of drug-likeness (QED) is 0.722. The highest BCUT2D eigenvalue weighted by Crippen LogP contribution is 2.61. The average molecular weight is 387 g/mol. The summed E-state index contributed by atoms with van der Waals surface area (Å²) in [6, 6.07) is 0.313. The summed E-state index contributed by atoms with van der Waals surface area (Å²) in [5.41, 5.74) is -14.8. The van der Waals surface area contributed by atoms with Crippen molar-refractivity contribution < 1.29 is 49.0 Å². The van der Waals surface area contributed by atoms with E-state index in [9.17, 15) is 49.0 Å². The van der Waals surface area contributed by atoms with Crippen LogP contribution in [0.4, 0.5) is 43.9 Å².